The molecule has 1 amide bonds. The number of amides is 1. The van der Waals surface area contributed by atoms with Crippen molar-refractivity contribution >= 4 is 44.8 Å². The lowest BCUT2D eigenvalue weighted by molar-refractivity contribution is -0.119. The van der Waals surface area contributed by atoms with Crippen molar-refractivity contribution in [2.45, 2.75) is 31.1 Å². The Balaban J connectivity index is 1.68. The predicted octanol–water partition coefficient (Wildman–Crippen LogP) is 5.68. The fourth-order valence-corrected chi connectivity index (χ4v) is 5.18. The van der Waals surface area contributed by atoms with Gasteiger partial charge in [-0.3, -0.25) is 9.10 Å². The van der Waals surface area contributed by atoms with E-state index in [1.165, 1.54) is 29.8 Å². The Morgan fingerprint density at radius 2 is 1.63 bits per heavy atom. The molecule has 0 bridgehead atoms. The lowest BCUT2D eigenvalue weighted by atomic mass is 9.87. The number of carbonyl (C=O) groups is 1. The summed E-state index contributed by atoms with van der Waals surface area (Å²) < 4.78 is 33.4. The standard InChI is InChI=1S/C26H28Cl2N2O4S/c1-26(2,3)19-9-12-21(13-10-19)34-16-15-29-25(31)18-30(24-17-20(27)11-14-23(24)28)35(32,33)22-7-5-4-6-8-22/h4-14,17H,15-16,18H2,1-3H3,(H,29,31). The van der Waals surface area contributed by atoms with Gasteiger partial charge in [0.1, 0.15) is 18.9 Å². The SMILES string of the molecule is CC(C)(C)c1ccc(OCCNC(=O)CN(c2cc(Cl)ccc2Cl)S(=O)(=O)c2ccccc2)cc1. The molecule has 6 nitrogen and oxygen atoms in total. The summed E-state index contributed by atoms with van der Waals surface area (Å²) in [5.74, 6) is 0.179. The minimum Gasteiger partial charge on any atom is -0.492 e. The molecule has 9 heteroatoms. The van der Waals surface area contributed by atoms with Crippen LogP contribution in [-0.2, 0) is 20.2 Å². The van der Waals surface area contributed by atoms with Gasteiger partial charge in [-0.2, -0.15) is 0 Å². The summed E-state index contributed by atoms with van der Waals surface area (Å²) in [6.07, 6.45) is 0. The van der Waals surface area contributed by atoms with E-state index >= 15 is 0 Å². The van der Waals surface area contributed by atoms with Gasteiger partial charge in [-0.1, -0.05) is 74.3 Å². The Bertz CT molecular complexity index is 1260. The Hall–Kier alpha value is -2.74. The molecular weight excluding hydrogens is 507 g/mol. The number of benzene rings is 3. The quantitative estimate of drug-likeness (QED) is 0.358. The van der Waals surface area contributed by atoms with Crippen molar-refractivity contribution in [2.24, 2.45) is 0 Å². The second-order valence-corrected chi connectivity index (χ2v) is 11.6. The van der Waals surface area contributed by atoms with E-state index in [4.69, 9.17) is 27.9 Å². The van der Waals surface area contributed by atoms with E-state index in [1.807, 2.05) is 24.3 Å². The molecule has 35 heavy (non-hydrogen) atoms. The van der Waals surface area contributed by atoms with Crippen molar-refractivity contribution < 1.29 is 17.9 Å². The summed E-state index contributed by atoms with van der Waals surface area (Å²) in [6.45, 7) is 6.35. The topological polar surface area (TPSA) is 75.7 Å². The average Bonchev–Trinajstić information content (AvgIpc) is 2.82. The first-order chi connectivity index (χ1) is 16.5. The number of carbonyl (C=O) groups excluding carboxylic acids is 1. The molecule has 0 aliphatic rings. The number of anilines is 1. The zero-order chi connectivity index (χ0) is 25.6. The first-order valence-corrected chi connectivity index (χ1v) is 13.2. The lowest BCUT2D eigenvalue weighted by Gasteiger charge is -2.25. The summed E-state index contributed by atoms with van der Waals surface area (Å²) >= 11 is 12.4. The van der Waals surface area contributed by atoms with Gasteiger partial charge in [0.15, 0.2) is 0 Å². The molecule has 3 aromatic rings. The van der Waals surface area contributed by atoms with E-state index in [0.29, 0.717) is 10.8 Å². The highest BCUT2D eigenvalue weighted by molar-refractivity contribution is 7.92. The van der Waals surface area contributed by atoms with E-state index in [2.05, 4.69) is 26.1 Å². The van der Waals surface area contributed by atoms with Gasteiger partial charge in [0.2, 0.25) is 5.91 Å². The molecule has 186 valence electrons. The molecule has 0 unspecified atom stereocenters. The number of ether oxygens (including phenoxy) is 1. The maximum Gasteiger partial charge on any atom is 0.264 e. The molecule has 0 aromatic heterocycles. The van der Waals surface area contributed by atoms with Crippen LogP contribution < -0.4 is 14.4 Å². The smallest absolute Gasteiger partial charge is 0.264 e. The van der Waals surface area contributed by atoms with Crippen LogP contribution >= 0.6 is 23.2 Å². The Morgan fingerprint density at radius 3 is 2.26 bits per heavy atom. The highest BCUT2D eigenvalue weighted by Crippen LogP contribution is 2.33. The number of nitrogens with zero attached hydrogens (tertiary/aromatic N) is 1. The monoisotopic (exact) mass is 534 g/mol. The fraction of sp³-hybridized carbons (Fsp3) is 0.269. The largest absolute Gasteiger partial charge is 0.492 e. The van der Waals surface area contributed by atoms with E-state index in [9.17, 15) is 13.2 Å². The zero-order valence-electron chi connectivity index (χ0n) is 19.8. The van der Waals surface area contributed by atoms with Crippen molar-refractivity contribution in [1.82, 2.24) is 5.32 Å². The summed E-state index contributed by atoms with van der Waals surface area (Å²) in [5, 5.41) is 3.15. The molecule has 0 heterocycles. The Labute approximate surface area is 216 Å². The fourth-order valence-electron chi connectivity index (χ4n) is 3.29. The van der Waals surface area contributed by atoms with Crippen molar-refractivity contribution in [1.29, 1.82) is 0 Å². The van der Waals surface area contributed by atoms with Crippen molar-refractivity contribution in [2.75, 3.05) is 24.0 Å². The van der Waals surface area contributed by atoms with Crippen LogP contribution in [0.25, 0.3) is 0 Å². The van der Waals surface area contributed by atoms with Gasteiger partial charge in [0.25, 0.3) is 10.0 Å². The zero-order valence-corrected chi connectivity index (χ0v) is 22.1. The molecule has 0 spiro atoms. The minimum absolute atomic E-state index is 0.0332. The summed E-state index contributed by atoms with van der Waals surface area (Å²) in [7, 11) is -4.08. The molecule has 1 N–H and O–H groups in total. The van der Waals surface area contributed by atoms with Crippen molar-refractivity contribution in [3.05, 3.63) is 88.4 Å². The first-order valence-electron chi connectivity index (χ1n) is 11.0. The molecule has 0 aliphatic heterocycles. The number of hydrogen-bond donors (Lipinski definition) is 1. The second kappa shape index (κ2) is 11.3. The second-order valence-electron chi connectivity index (χ2n) is 8.89. The number of rotatable bonds is 9. The first kappa shape index (κ1) is 26.9. The van der Waals surface area contributed by atoms with Crippen LogP contribution in [0.2, 0.25) is 10.0 Å². The van der Waals surface area contributed by atoms with Gasteiger partial charge >= 0.3 is 0 Å². The molecule has 0 saturated carbocycles. The van der Waals surface area contributed by atoms with E-state index in [0.717, 1.165) is 4.31 Å². The van der Waals surface area contributed by atoms with Gasteiger partial charge in [0.05, 0.1) is 22.2 Å². The molecule has 3 rings (SSSR count). The summed E-state index contributed by atoms with van der Waals surface area (Å²) in [6, 6.07) is 20.1. The van der Waals surface area contributed by atoms with Gasteiger partial charge in [-0.25, -0.2) is 8.42 Å². The third-order valence-electron chi connectivity index (χ3n) is 5.21. The highest BCUT2D eigenvalue weighted by atomic mass is 35.5. The van der Waals surface area contributed by atoms with Gasteiger partial charge in [-0.05, 0) is 53.4 Å². The maximum atomic E-state index is 13.4. The minimum atomic E-state index is -4.08. The van der Waals surface area contributed by atoms with Crippen LogP contribution in [0.15, 0.2) is 77.7 Å². The lowest BCUT2D eigenvalue weighted by Crippen LogP contribution is -2.42. The van der Waals surface area contributed by atoms with E-state index in [-0.39, 0.29) is 34.2 Å². The molecular formula is C26H28Cl2N2O4S. The van der Waals surface area contributed by atoms with E-state index < -0.39 is 22.5 Å². The number of sulfonamides is 1. The van der Waals surface area contributed by atoms with Crippen LogP contribution in [0.4, 0.5) is 5.69 Å². The molecule has 0 aliphatic carbocycles. The van der Waals surface area contributed by atoms with Crippen LogP contribution in [0.1, 0.15) is 26.3 Å². The van der Waals surface area contributed by atoms with Gasteiger partial charge in [-0.15, -0.1) is 0 Å². The van der Waals surface area contributed by atoms with Crippen LogP contribution in [-0.4, -0.2) is 34.0 Å². The van der Waals surface area contributed by atoms with E-state index in [1.54, 1.807) is 24.3 Å². The summed E-state index contributed by atoms with van der Waals surface area (Å²) in [4.78, 5) is 12.8. The van der Waals surface area contributed by atoms with Gasteiger partial charge in [0, 0.05) is 5.02 Å². The molecule has 0 atom stereocenters. The van der Waals surface area contributed by atoms with Crippen LogP contribution in [0, 0.1) is 0 Å². The van der Waals surface area contributed by atoms with Crippen molar-refractivity contribution in [3.8, 4) is 5.75 Å². The number of hydrogen-bond acceptors (Lipinski definition) is 4. The highest BCUT2D eigenvalue weighted by Gasteiger charge is 2.28. The third-order valence-corrected chi connectivity index (χ3v) is 7.54. The predicted molar refractivity (Wildman–Crippen MR) is 141 cm³/mol. The van der Waals surface area contributed by atoms with Crippen molar-refractivity contribution in [3.63, 3.8) is 0 Å². The number of halogens is 2. The van der Waals surface area contributed by atoms with Crippen LogP contribution in [0.5, 0.6) is 5.75 Å². The normalized spacial score (nSPS) is 11.7. The molecule has 0 radical (unpaired) electrons. The Kier molecular flexibility index (Phi) is 8.70. The average molecular weight is 535 g/mol. The Morgan fingerprint density at radius 1 is 0.971 bits per heavy atom. The summed E-state index contributed by atoms with van der Waals surface area (Å²) in [5.41, 5.74) is 1.36. The van der Waals surface area contributed by atoms with Crippen LogP contribution in [0.3, 0.4) is 0 Å². The van der Waals surface area contributed by atoms with Gasteiger partial charge < -0.3 is 10.1 Å². The molecule has 0 fully saturated rings. The maximum absolute atomic E-state index is 13.4. The third kappa shape index (κ3) is 7.13. The number of nitrogens with one attached hydrogen (secondary N) is 1. The molecule has 0 saturated heterocycles. The molecule has 3 aromatic carbocycles.